The smallest absolute Gasteiger partial charge is 0.316 e. The first kappa shape index (κ1) is 20.0. The zero-order chi connectivity index (χ0) is 21.1. The number of hydrogen-bond donors (Lipinski definition) is 0. The third-order valence-electron chi connectivity index (χ3n) is 5.47. The average molecular weight is 406 g/mol. The number of benzene rings is 1. The van der Waals surface area contributed by atoms with E-state index in [-0.39, 0.29) is 6.17 Å². The van der Waals surface area contributed by atoms with Gasteiger partial charge in [0.1, 0.15) is 0 Å². The maximum absolute atomic E-state index is 11.9. The van der Waals surface area contributed by atoms with E-state index >= 15 is 0 Å². The van der Waals surface area contributed by atoms with Crippen molar-refractivity contribution >= 4 is 12.0 Å². The van der Waals surface area contributed by atoms with Crippen LogP contribution in [0.15, 0.2) is 42.7 Å². The van der Waals surface area contributed by atoms with Crippen molar-refractivity contribution in [1.82, 2.24) is 24.6 Å². The van der Waals surface area contributed by atoms with Gasteiger partial charge in [0.15, 0.2) is 12.5 Å². The average Bonchev–Trinajstić information content (AvgIpc) is 3.12. The molecule has 0 N–H and O–H groups in total. The first-order valence-corrected chi connectivity index (χ1v) is 10.0. The van der Waals surface area contributed by atoms with Gasteiger partial charge in [-0.1, -0.05) is 18.2 Å². The third-order valence-corrected chi connectivity index (χ3v) is 5.47. The minimum atomic E-state index is -0.369. The van der Waals surface area contributed by atoms with Gasteiger partial charge in [0.25, 0.3) is 0 Å². The minimum Gasteiger partial charge on any atom is -0.467 e. The van der Waals surface area contributed by atoms with Crippen molar-refractivity contribution in [2.24, 2.45) is 0 Å². The fourth-order valence-electron chi connectivity index (χ4n) is 3.99. The van der Waals surface area contributed by atoms with Gasteiger partial charge in [0, 0.05) is 61.1 Å². The number of aromatic nitrogens is 4. The molecule has 2 aromatic heterocycles. The molecule has 1 aliphatic rings. The van der Waals surface area contributed by atoms with Crippen molar-refractivity contribution in [3.05, 3.63) is 54.1 Å². The molecule has 8 nitrogen and oxygen atoms in total. The largest absolute Gasteiger partial charge is 0.467 e. The number of carbonyl (C=O) groups is 1. The minimum absolute atomic E-state index is 0.355. The number of rotatable bonds is 6. The Morgan fingerprint density at radius 3 is 2.37 bits per heavy atom. The molecule has 4 rings (SSSR count). The first-order valence-electron chi connectivity index (χ1n) is 10.0. The fourth-order valence-corrected chi connectivity index (χ4v) is 3.99. The molecule has 156 valence electrons. The van der Waals surface area contributed by atoms with E-state index in [1.807, 2.05) is 36.7 Å². The Kier molecular flexibility index (Phi) is 5.76. The molecule has 1 aromatic carbocycles. The van der Waals surface area contributed by atoms with Gasteiger partial charge in [-0.05, 0) is 26.0 Å². The van der Waals surface area contributed by atoms with Crippen LogP contribution in [0.4, 0.5) is 5.69 Å². The first-order chi connectivity index (χ1) is 14.6. The van der Waals surface area contributed by atoms with Crippen molar-refractivity contribution in [2.45, 2.75) is 20.0 Å². The van der Waals surface area contributed by atoms with E-state index < -0.39 is 0 Å². The van der Waals surface area contributed by atoms with Gasteiger partial charge in [0.05, 0.1) is 12.8 Å². The molecule has 0 bridgehead atoms. The summed E-state index contributed by atoms with van der Waals surface area (Å²) in [6, 6.07) is 10.6. The van der Waals surface area contributed by atoms with E-state index in [2.05, 4.69) is 37.0 Å². The Morgan fingerprint density at radius 1 is 1.07 bits per heavy atom. The monoisotopic (exact) mass is 406 g/mol. The second-order valence-corrected chi connectivity index (χ2v) is 7.42. The molecule has 3 aromatic rings. The molecule has 0 radical (unpaired) electrons. The van der Waals surface area contributed by atoms with Gasteiger partial charge < -0.3 is 9.64 Å². The Hall–Kier alpha value is -3.26. The van der Waals surface area contributed by atoms with Crippen LogP contribution in [0.2, 0.25) is 0 Å². The lowest BCUT2D eigenvalue weighted by Gasteiger charge is -2.39. The van der Waals surface area contributed by atoms with E-state index in [1.54, 1.807) is 19.5 Å². The molecule has 1 atom stereocenters. The molecular formula is C22H26N6O2. The van der Waals surface area contributed by atoms with Crippen LogP contribution >= 0.6 is 0 Å². The number of piperazine rings is 1. The Bertz CT molecular complexity index is 1010. The van der Waals surface area contributed by atoms with Crippen molar-refractivity contribution in [3.63, 3.8) is 0 Å². The van der Waals surface area contributed by atoms with E-state index in [4.69, 9.17) is 4.74 Å². The van der Waals surface area contributed by atoms with Crippen LogP contribution in [0.25, 0.3) is 11.1 Å². The summed E-state index contributed by atoms with van der Waals surface area (Å²) >= 11 is 0. The molecular weight excluding hydrogens is 380 g/mol. The Labute approximate surface area is 176 Å². The quantitative estimate of drug-likeness (QED) is 0.582. The zero-order valence-corrected chi connectivity index (χ0v) is 17.5. The van der Waals surface area contributed by atoms with Gasteiger partial charge in [-0.25, -0.2) is 14.6 Å². The number of ether oxygens (including phenoxy) is 1. The molecule has 1 unspecified atom stereocenters. The highest BCUT2D eigenvalue weighted by Gasteiger charge is 2.27. The molecule has 0 amide bonds. The maximum Gasteiger partial charge on any atom is 0.316 e. The summed E-state index contributed by atoms with van der Waals surface area (Å²) in [5, 5.41) is 4.51. The lowest BCUT2D eigenvalue weighted by molar-refractivity contribution is -0.116. The molecule has 1 saturated heterocycles. The van der Waals surface area contributed by atoms with Crippen LogP contribution in [-0.4, -0.2) is 64.2 Å². The highest BCUT2D eigenvalue weighted by Crippen LogP contribution is 2.31. The standard InChI is InChI=1S/C22H26N6O2/c1-16-12-17(2)28(25-16)21(15-29)27-10-8-26(9-11-27)20-7-5-4-6-19(20)18-13-23-22(30-3)24-14-18/h4-7,12-15,21H,8-11H2,1-3H3. The maximum atomic E-state index is 11.9. The summed E-state index contributed by atoms with van der Waals surface area (Å²) < 4.78 is 6.89. The number of carbonyl (C=O) groups excluding carboxylic acids is 1. The van der Waals surface area contributed by atoms with Crippen molar-refractivity contribution in [1.29, 1.82) is 0 Å². The van der Waals surface area contributed by atoms with Gasteiger partial charge in [0.2, 0.25) is 0 Å². The van der Waals surface area contributed by atoms with Crippen molar-refractivity contribution in [3.8, 4) is 17.1 Å². The van der Waals surface area contributed by atoms with E-state index in [0.29, 0.717) is 6.01 Å². The summed E-state index contributed by atoms with van der Waals surface area (Å²) in [5.41, 5.74) is 5.09. The Balaban J connectivity index is 1.52. The van der Waals surface area contributed by atoms with Gasteiger partial charge >= 0.3 is 6.01 Å². The molecule has 0 aliphatic carbocycles. The summed E-state index contributed by atoms with van der Waals surface area (Å²) in [4.78, 5) is 24.9. The number of para-hydroxylation sites is 1. The van der Waals surface area contributed by atoms with Crippen LogP contribution < -0.4 is 9.64 Å². The summed E-state index contributed by atoms with van der Waals surface area (Å²) in [6.45, 7) is 7.11. The van der Waals surface area contributed by atoms with Crippen molar-refractivity contribution in [2.75, 3.05) is 38.2 Å². The number of nitrogens with zero attached hydrogens (tertiary/aromatic N) is 6. The number of anilines is 1. The third kappa shape index (κ3) is 3.91. The van der Waals surface area contributed by atoms with Crippen LogP contribution in [0.1, 0.15) is 17.6 Å². The second-order valence-electron chi connectivity index (χ2n) is 7.42. The molecule has 1 aliphatic heterocycles. The normalized spacial score (nSPS) is 15.8. The summed E-state index contributed by atoms with van der Waals surface area (Å²) in [6.07, 6.45) is 4.18. The van der Waals surface area contributed by atoms with E-state index in [1.165, 1.54) is 0 Å². The van der Waals surface area contributed by atoms with Crippen molar-refractivity contribution < 1.29 is 9.53 Å². The number of hydrogen-bond acceptors (Lipinski definition) is 7. The number of methoxy groups -OCH3 is 1. The van der Waals surface area contributed by atoms with Gasteiger partial charge in [-0.2, -0.15) is 5.10 Å². The second kappa shape index (κ2) is 8.62. The van der Waals surface area contributed by atoms with Crippen LogP contribution in [-0.2, 0) is 4.79 Å². The number of aldehydes is 1. The summed E-state index contributed by atoms with van der Waals surface area (Å²) in [5.74, 6) is 0. The van der Waals surface area contributed by atoms with Crippen LogP contribution in [0, 0.1) is 13.8 Å². The predicted octanol–water partition coefficient (Wildman–Crippen LogP) is 2.49. The fraction of sp³-hybridized carbons (Fsp3) is 0.364. The molecule has 30 heavy (non-hydrogen) atoms. The lowest BCUT2D eigenvalue weighted by atomic mass is 10.1. The van der Waals surface area contributed by atoms with Gasteiger partial charge in [-0.3, -0.25) is 9.69 Å². The highest BCUT2D eigenvalue weighted by atomic mass is 16.5. The number of aryl methyl sites for hydroxylation is 2. The van der Waals surface area contributed by atoms with E-state index in [9.17, 15) is 4.79 Å². The molecule has 3 heterocycles. The van der Waals surface area contributed by atoms with Crippen LogP contribution in [0.3, 0.4) is 0 Å². The highest BCUT2D eigenvalue weighted by molar-refractivity contribution is 5.78. The predicted molar refractivity (Wildman–Crippen MR) is 115 cm³/mol. The Morgan fingerprint density at radius 2 is 1.77 bits per heavy atom. The molecule has 0 spiro atoms. The van der Waals surface area contributed by atoms with Crippen LogP contribution in [0.5, 0.6) is 6.01 Å². The molecule has 1 fully saturated rings. The SMILES string of the molecule is COc1ncc(-c2ccccc2N2CCN(C(C=O)n3nc(C)cc3C)CC2)cn1. The summed E-state index contributed by atoms with van der Waals surface area (Å²) in [7, 11) is 1.56. The molecule has 8 heteroatoms. The zero-order valence-electron chi connectivity index (χ0n) is 17.5. The van der Waals surface area contributed by atoms with Gasteiger partial charge in [-0.15, -0.1) is 0 Å². The lowest BCUT2D eigenvalue weighted by Crippen LogP contribution is -2.49. The van der Waals surface area contributed by atoms with E-state index in [0.717, 1.165) is 60.7 Å². The topological polar surface area (TPSA) is 76.4 Å². The molecule has 0 saturated carbocycles.